The van der Waals surface area contributed by atoms with Gasteiger partial charge in [0.15, 0.2) is 0 Å². The number of hydrogen-bond acceptors (Lipinski definition) is 3. The number of rotatable bonds is 5. The van der Waals surface area contributed by atoms with E-state index in [1.165, 1.54) is 0 Å². The standard InChI is InChI=1S/C15H21N3O/c1-12(2)18-9-8-14(17-18)10-15(19,11-16)13-6-4-3-5-7-13/h3-9,12,19H,10-11,16H2,1-2H3. The molecule has 4 heteroatoms. The fourth-order valence-electron chi connectivity index (χ4n) is 2.10. The fourth-order valence-corrected chi connectivity index (χ4v) is 2.10. The van der Waals surface area contributed by atoms with E-state index in [-0.39, 0.29) is 6.54 Å². The Hall–Kier alpha value is -1.65. The number of nitrogens with zero attached hydrogens (tertiary/aromatic N) is 2. The molecule has 0 aliphatic carbocycles. The van der Waals surface area contributed by atoms with Crippen molar-refractivity contribution >= 4 is 0 Å². The van der Waals surface area contributed by atoms with Crippen LogP contribution in [0.4, 0.5) is 0 Å². The molecule has 0 saturated heterocycles. The summed E-state index contributed by atoms with van der Waals surface area (Å²) in [6.07, 6.45) is 2.36. The SMILES string of the molecule is CC(C)n1ccc(CC(O)(CN)c2ccccc2)n1. The van der Waals surface area contributed by atoms with Gasteiger partial charge < -0.3 is 10.8 Å². The Morgan fingerprint density at radius 3 is 2.47 bits per heavy atom. The van der Waals surface area contributed by atoms with E-state index in [4.69, 9.17) is 5.73 Å². The highest BCUT2D eigenvalue weighted by molar-refractivity contribution is 5.25. The second-order valence-electron chi connectivity index (χ2n) is 5.16. The van der Waals surface area contributed by atoms with E-state index in [9.17, 15) is 5.11 Å². The van der Waals surface area contributed by atoms with Crippen molar-refractivity contribution in [2.45, 2.75) is 31.9 Å². The van der Waals surface area contributed by atoms with E-state index in [1.54, 1.807) is 0 Å². The van der Waals surface area contributed by atoms with Gasteiger partial charge in [0.1, 0.15) is 5.60 Å². The third-order valence-corrected chi connectivity index (χ3v) is 3.32. The molecule has 2 rings (SSSR count). The molecular formula is C15H21N3O. The largest absolute Gasteiger partial charge is 0.383 e. The quantitative estimate of drug-likeness (QED) is 0.861. The third kappa shape index (κ3) is 3.03. The first-order valence-electron chi connectivity index (χ1n) is 6.57. The van der Waals surface area contributed by atoms with Crippen molar-refractivity contribution in [3.63, 3.8) is 0 Å². The predicted molar refractivity (Wildman–Crippen MR) is 75.7 cm³/mol. The van der Waals surface area contributed by atoms with E-state index < -0.39 is 5.60 Å². The van der Waals surface area contributed by atoms with Gasteiger partial charge in [-0.1, -0.05) is 30.3 Å². The van der Waals surface area contributed by atoms with Gasteiger partial charge in [-0.25, -0.2) is 0 Å². The Balaban J connectivity index is 2.23. The number of nitrogens with two attached hydrogens (primary N) is 1. The normalized spacial score (nSPS) is 14.6. The third-order valence-electron chi connectivity index (χ3n) is 3.32. The van der Waals surface area contributed by atoms with Crippen molar-refractivity contribution in [3.8, 4) is 0 Å². The molecule has 0 radical (unpaired) electrons. The molecule has 19 heavy (non-hydrogen) atoms. The summed E-state index contributed by atoms with van der Waals surface area (Å²) in [5.41, 5.74) is 6.39. The van der Waals surface area contributed by atoms with Crippen molar-refractivity contribution in [2.24, 2.45) is 5.73 Å². The van der Waals surface area contributed by atoms with Crippen LogP contribution in [0.1, 0.15) is 31.1 Å². The van der Waals surface area contributed by atoms with Crippen LogP contribution >= 0.6 is 0 Å². The van der Waals surface area contributed by atoms with Crippen molar-refractivity contribution in [1.82, 2.24) is 9.78 Å². The molecule has 0 spiro atoms. The highest BCUT2D eigenvalue weighted by atomic mass is 16.3. The first-order valence-corrected chi connectivity index (χ1v) is 6.57. The summed E-state index contributed by atoms with van der Waals surface area (Å²) in [7, 11) is 0. The van der Waals surface area contributed by atoms with E-state index in [2.05, 4.69) is 18.9 Å². The van der Waals surface area contributed by atoms with Crippen molar-refractivity contribution < 1.29 is 5.11 Å². The van der Waals surface area contributed by atoms with Gasteiger partial charge in [-0.05, 0) is 25.5 Å². The number of aromatic nitrogens is 2. The molecule has 0 saturated carbocycles. The van der Waals surface area contributed by atoms with Crippen LogP contribution in [0.25, 0.3) is 0 Å². The zero-order valence-electron chi connectivity index (χ0n) is 11.5. The summed E-state index contributed by atoms with van der Waals surface area (Å²) in [5, 5.41) is 15.2. The van der Waals surface area contributed by atoms with E-state index in [0.29, 0.717) is 12.5 Å². The van der Waals surface area contributed by atoms with Crippen LogP contribution in [0.5, 0.6) is 0 Å². The van der Waals surface area contributed by atoms with Crippen LogP contribution in [0.15, 0.2) is 42.6 Å². The molecule has 2 aromatic rings. The molecule has 0 aliphatic rings. The number of hydrogen-bond donors (Lipinski definition) is 2. The van der Waals surface area contributed by atoms with E-state index in [0.717, 1.165) is 11.3 Å². The van der Waals surface area contributed by atoms with Crippen LogP contribution < -0.4 is 5.73 Å². The molecule has 3 N–H and O–H groups in total. The van der Waals surface area contributed by atoms with Gasteiger partial charge in [-0.3, -0.25) is 4.68 Å². The molecule has 1 heterocycles. The average Bonchev–Trinajstić information content (AvgIpc) is 2.88. The molecule has 0 fully saturated rings. The van der Waals surface area contributed by atoms with Crippen LogP contribution in [0, 0.1) is 0 Å². The molecule has 0 bridgehead atoms. The van der Waals surface area contributed by atoms with Gasteiger partial charge in [0, 0.05) is 25.2 Å². The van der Waals surface area contributed by atoms with Gasteiger partial charge in [-0.15, -0.1) is 0 Å². The minimum atomic E-state index is -1.06. The molecule has 1 aromatic heterocycles. The second kappa shape index (κ2) is 5.55. The first-order chi connectivity index (χ1) is 9.05. The maximum Gasteiger partial charge on any atom is 0.107 e. The lowest BCUT2D eigenvalue weighted by Crippen LogP contribution is -2.37. The smallest absolute Gasteiger partial charge is 0.107 e. The Morgan fingerprint density at radius 1 is 1.26 bits per heavy atom. The molecule has 1 aromatic carbocycles. The minimum absolute atomic E-state index is 0.172. The summed E-state index contributed by atoms with van der Waals surface area (Å²) in [6.45, 7) is 4.32. The zero-order valence-corrected chi connectivity index (χ0v) is 11.5. The lowest BCUT2D eigenvalue weighted by atomic mass is 9.89. The topological polar surface area (TPSA) is 64.1 Å². The molecule has 1 atom stereocenters. The monoisotopic (exact) mass is 259 g/mol. The van der Waals surface area contributed by atoms with Gasteiger partial charge in [0.25, 0.3) is 0 Å². The average molecular weight is 259 g/mol. The maximum atomic E-state index is 10.7. The molecular weight excluding hydrogens is 238 g/mol. The molecule has 1 unspecified atom stereocenters. The molecule has 4 nitrogen and oxygen atoms in total. The Morgan fingerprint density at radius 2 is 1.95 bits per heavy atom. The van der Waals surface area contributed by atoms with Crippen LogP contribution in [0.2, 0.25) is 0 Å². The van der Waals surface area contributed by atoms with Crippen LogP contribution in [-0.4, -0.2) is 21.4 Å². The van der Waals surface area contributed by atoms with Gasteiger partial charge in [0.05, 0.1) is 5.69 Å². The summed E-state index contributed by atoms with van der Waals surface area (Å²) in [5.74, 6) is 0. The zero-order chi connectivity index (χ0) is 13.9. The Kier molecular flexibility index (Phi) is 4.02. The maximum absolute atomic E-state index is 10.7. The highest BCUT2D eigenvalue weighted by Crippen LogP contribution is 2.24. The Labute approximate surface area is 113 Å². The highest BCUT2D eigenvalue weighted by Gasteiger charge is 2.28. The summed E-state index contributed by atoms with van der Waals surface area (Å²) in [4.78, 5) is 0. The number of benzene rings is 1. The molecule has 0 amide bonds. The fraction of sp³-hybridized carbons (Fsp3) is 0.400. The first kappa shape index (κ1) is 13.8. The predicted octanol–water partition coefficient (Wildman–Crippen LogP) is 1.85. The summed E-state index contributed by atoms with van der Waals surface area (Å²) < 4.78 is 1.89. The van der Waals surface area contributed by atoms with E-state index in [1.807, 2.05) is 47.3 Å². The summed E-state index contributed by atoms with van der Waals surface area (Å²) in [6, 6.07) is 11.8. The van der Waals surface area contributed by atoms with Crippen LogP contribution in [0.3, 0.4) is 0 Å². The lowest BCUT2D eigenvalue weighted by molar-refractivity contribution is 0.0451. The van der Waals surface area contributed by atoms with Gasteiger partial charge in [0.2, 0.25) is 0 Å². The lowest BCUT2D eigenvalue weighted by Gasteiger charge is -2.26. The van der Waals surface area contributed by atoms with Crippen molar-refractivity contribution in [3.05, 3.63) is 53.9 Å². The Bertz CT molecular complexity index is 521. The summed E-state index contributed by atoms with van der Waals surface area (Å²) >= 11 is 0. The molecule has 0 aliphatic heterocycles. The van der Waals surface area contributed by atoms with Crippen molar-refractivity contribution in [1.29, 1.82) is 0 Å². The molecule has 102 valence electrons. The number of aliphatic hydroxyl groups is 1. The van der Waals surface area contributed by atoms with Crippen LogP contribution in [-0.2, 0) is 12.0 Å². The van der Waals surface area contributed by atoms with Crippen molar-refractivity contribution in [2.75, 3.05) is 6.54 Å². The van der Waals surface area contributed by atoms with Gasteiger partial charge >= 0.3 is 0 Å². The minimum Gasteiger partial charge on any atom is -0.383 e. The van der Waals surface area contributed by atoms with E-state index >= 15 is 0 Å². The second-order valence-corrected chi connectivity index (χ2v) is 5.16. The van der Waals surface area contributed by atoms with Gasteiger partial charge in [-0.2, -0.15) is 5.10 Å².